The Morgan fingerprint density at radius 3 is 2.56 bits per heavy atom. The van der Waals surface area contributed by atoms with Crippen LogP contribution in [0.15, 0.2) is 36.7 Å². The number of benzene rings is 1. The van der Waals surface area contributed by atoms with Crippen molar-refractivity contribution in [1.82, 2.24) is 9.97 Å². The van der Waals surface area contributed by atoms with Crippen LogP contribution in [0.4, 0.5) is 17.3 Å². The quantitative estimate of drug-likeness (QED) is 0.890. The van der Waals surface area contributed by atoms with Crippen LogP contribution in [0.5, 0.6) is 0 Å². The summed E-state index contributed by atoms with van der Waals surface area (Å²) in [4.78, 5) is 10.3. The molecule has 0 unspecified atom stereocenters. The van der Waals surface area contributed by atoms with Gasteiger partial charge in [-0.1, -0.05) is 18.2 Å². The van der Waals surface area contributed by atoms with E-state index in [0.717, 1.165) is 11.3 Å². The summed E-state index contributed by atoms with van der Waals surface area (Å²) in [5.41, 5.74) is 8.24. The van der Waals surface area contributed by atoms with Gasteiger partial charge in [0.15, 0.2) is 0 Å². The van der Waals surface area contributed by atoms with Crippen LogP contribution < -0.4 is 10.6 Å². The largest absolute Gasteiger partial charge is 0.396 e. The fourth-order valence-electron chi connectivity index (χ4n) is 1.73. The first-order valence-electron chi connectivity index (χ1n) is 5.60. The van der Waals surface area contributed by atoms with E-state index in [0.29, 0.717) is 18.2 Å². The van der Waals surface area contributed by atoms with Crippen molar-refractivity contribution in [3.63, 3.8) is 0 Å². The summed E-state index contributed by atoms with van der Waals surface area (Å²) in [5, 5.41) is 0. The molecule has 0 amide bonds. The fourth-order valence-corrected chi connectivity index (χ4v) is 1.73. The third-order valence-electron chi connectivity index (χ3n) is 2.61. The van der Waals surface area contributed by atoms with E-state index in [1.165, 1.54) is 0 Å². The molecule has 0 saturated heterocycles. The molecule has 1 aromatic carbocycles. The van der Waals surface area contributed by atoms with Crippen molar-refractivity contribution in [2.75, 3.05) is 24.8 Å². The lowest BCUT2D eigenvalue weighted by Crippen LogP contribution is -2.15. The van der Waals surface area contributed by atoms with Crippen molar-refractivity contribution in [3.8, 4) is 0 Å². The molecule has 1 aromatic heterocycles. The van der Waals surface area contributed by atoms with Gasteiger partial charge in [-0.3, -0.25) is 0 Å². The highest BCUT2D eigenvalue weighted by atomic mass is 16.5. The minimum atomic E-state index is 0.551. The monoisotopic (exact) mass is 244 g/mol. The highest BCUT2D eigenvalue weighted by molar-refractivity contribution is 5.61. The number of aromatic nitrogens is 2. The number of ether oxygens (including phenoxy) is 1. The molecule has 1 heterocycles. The lowest BCUT2D eigenvalue weighted by Gasteiger charge is -2.20. The second-order valence-corrected chi connectivity index (χ2v) is 3.94. The van der Waals surface area contributed by atoms with E-state index in [1.807, 2.05) is 36.2 Å². The maximum absolute atomic E-state index is 5.58. The maximum Gasteiger partial charge on any atom is 0.229 e. The van der Waals surface area contributed by atoms with E-state index < -0.39 is 0 Å². The normalized spacial score (nSPS) is 10.3. The zero-order chi connectivity index (χ0) is 13.0. The van der Waals surface area contributed by atoms with Gasteiger partial charge in [0, 0.05) is 25.4 Å². The lowest BCUT2D eigenvalue weighted by atomic mass is 10.2. The van der Waals surface area contributed by atoms with Crippen molar-refractivity contribution in [2.45, 2.75) is 6.61 Å². The topological polar surface area (TPSA) is 64.3 Å². The Kier molecular flexibility index (Phi) is 3.74. The first-order valence-corrected chi connectivity index (χ1v) is 5.60. The Bertz CT molecular complexity index is 513. The van der Waals surface area contributed by atoms with Crippen LogP contribution in [0.3, 0.4) is 0 Å². The molecule has 2 N–H and O–H groups in total. The number of nitrogens with zero attached hydrogens (tertiary/aromatic N) is 3. The highest BCUT2D eigenvalue weighted by Crippen LogP contribution is 2.24. The van der Waals surface area contributed by atoms with Crippen LogP contribution >= 0.6 is 0 Å². The second-order valence-electron chi connectivity index (χ2n) is 3.94. The number of nitrogens with two attached hydrogens (primary N) is 1. The van der Waals surface area contributed by atoms with E-state index in [-0.39, 0.29) is 0 Å². The highest BCUT2D eigenvalue weighted by Gasteiger charge is 2.10. The van der Waals surface area contributed by atoms with Crippen molar-refractivity contribution >= 4 is 17.3 Å². The molecular formula is C13H16N4O. The van der Waals surface area contributed by atoms with Crippen LogP contribution in [-0.2, 0) is 11.3 Å². The van der Waals surface area contributed by atoms with Gasteiger partial charge in [0.1, 0.15) is 0 Å². The minimum Gasteiger partial charge on any atom is -0.396 e. The Labute approximate surface area is 106 Å². The van der Waals surface area contributed by atoms with E-state index >= 15 is 0 Å². The Morgan fingerprint density at radius 2 is 1.89 bits per heavy atom. The predicted octanol–water partition coefficient (Wildman–Crippen LogP) is 1.97. The molecular weight excluding hydrogens is 228 g/mol. The Hall–Kier alpha value is -2.14. The van der Waals surface area contributed by atoms with Crippen LogP contribution in [0, 0.1) is 0 Å². The van der Waals surface area contributed by atoms with E-state index in [2.05, 4.69) is 9.97 Å². The standard InChI is InChI=1S/C13H16N4O/c1-17(13-15-7-11(14)8-16-13)12-6-4-3-5-10(12)9-18-2/h3-8H,9,14H2,1-2H3. The first-order chi connectivity index (χ1) is 8.72. The van der Waals surface area contributed by atoms with Crippen LogP contribution in [-0.4, -0.2) is 24.1 Å². The third kappa shape index (κ3) is 2.57. The first kappa shape index (κ1) is 12.3. The number of para-hydroxylation sites is 1. The summed E-state index contributed by atoms with van der Waals surface area (Å²) >= 11 is 0. The summed E-state index contributed by atoms with van der Waals surface area (Å²) in [7, 11) is 3.59. The van der Waals surface area contributed by atoms with Crippen molar-refractivity contribution < 1.29 is 4.74 Å². The zero-order valence-electron chi connectivity index (χ0n) is 10.5. The number of rotatable bonds is 4. The molecule has 0 atom stereocenters. The van der Waals surface area contributed by atoms with E-state index in [9.17, 15) is 0 Å². The van der Waals surface area contributed by atoms with Gasteiger partial charge < -0.3 is 15.4 Å². The van der Waals surface area contributed by atoms with E-state index in [4.69, 9.17) is 10.5 Å². The number of anilines is 3. The number of nitrogen functional groups attached to an aromatic ring is 1. The zero-order valence-corrected chi connectivity index (χ0v) is 10.5. The summed E-state index contributed by atoms with van der Waals surface area (Å²) in [6, 6.07) is 7.98. The molecule has 18 heavy (non-hydrogen) atoms. The molecule has 0 aliphatic rings. The molecule has 0 aliphatic carbocycles. The summed E-state index contributed by atoms with van der Waals surface area (Å²) in [6.45, 7) is 0.551. The average molecular weight is 244 g/mol. The van der Waals surface area contributed by atoms with Crippen LogP contribution in [0.1, 0.15) is 5.56 Å². The molecule has 2 aromatic rings. The minimum absolute atomic E-state index is 0.551. The Balaban J connectivity index is 2.33. The van der Waals surface area contributed by atoms with Gasteiger partial charge in [-0.15, -0.1) is 0 Å². The van der Waals surface area contributed by atoms with Gasteiger partial charge in [0.2, 0.25) is 5.95 Å². The van der Waals surface area contributed by atoms with Gasteiger partial charge in [-0.05, 0) is 6.07 Å². The summed E-state index contributed by atoms with van der Waals surface area (Å²) < 4.78 is 5.19. The molecule has 5 heteroatoms. The molecule has 0 saturated carbocycles. The van der Waals surface area contributed by atoms with Gasteiger partial charge in [0.25, 0.3) is 0 Å². The van der Waals surface area contributed by atoms with Gasteiger partial charge in [0.05, 0.1) is 24.7 Å². The van der Waals surface area contributed by atoms with Gasteiger partial charge >= 0.3 is 0 Å². The molecule has 2 rings (SSSR count). The summed E-state index contributed by atoms with van der Waals surface area (Å²) in [6.07, 6.45) is 3.19. The second kappa shape index (κ2) is 5.46. The van der Waals surface area contributed by atoms with Crippen molar-refractivity contribution in [3.05, 3.63) is 42.2 Å². The molecule has 0 aliphatic heterocycles. The SMILES string of the molecule is COCc1ccccc1N(C)c1ncc(N)cn1. The molecule has 94 valence electrons. The van der Waals surface area contributed by atoms with Crippen LogP contribution in [0.2, 0.25) is 0 Å². The van der Waals surface area contributed by atoms with Gasteiger partial charge in [-0.2, -0.15) is 0 Å². The molecule has 0 bridgehead atoms. The molecule has 0 radical (unpaired) electrons. The number of hydrogen-bond acceptors (Lipinski definition) is 5. The van der Waals surface area contributed by atoms with E-state index in [1.54, 1.807) is 19.5 Å². The smallest absolute Gasteiger partial charge is 0.229 e. The predicted molar refractivity (Wildman–Crippen MR) is 71.7 cm³/mol. The molecule has 5 nitrogen and oxygen atoms in total. The average Bonchev–Trinajstić information content (AvgIpc) is 2.40. The lowest BCUT2D eigenvalue weighted by molar-refractivity contribution is 0.185. The number of methoxy groups -OCH3 is 1. The molecule has 0 fully saturated rings. The maximum atomic E-state index is 5.58. The third-order valence-corrected chi connectivity index (χ3v) is 2.61. The van der Waals surface area contributed by atoms with Crippen molar-refractivity contribution in [2.24, 2.45) is 0 Å². The van der Waals surface area contributed by atoms with Gasteiger partial charge in [-0.25, -0.2) is 9.97 Å². The number of hydrogen-bond donors (Lipinski definition) is 1. The molecule has 0 spiro atoms. The Morgan fingerprint density at radius 1 is 1.22 bits per heavy atom. The fraction of sp³-hybridized carbons (Fsp3) is 0.231. The summed E-state index contributed by atoms with van der Waals surface area (Å²) in [5.74, 6) is 0.604. The van der Waals surface area contributed by atoms with Crippen LogP contribution in [0.25, 0.3) is 0 Å². The van der Waals surface area contributed by atoms with Crippen molar-refractivity contribution in [1.29, 1.82) is 0 Å².